The summed E-state index contributed by atoms with van der Waals surface area (Å²) in [6.07, 6.45) is 6.31. The van der Waals surface area contributed by atoms with Gasteiger partial charge in [-0.2, -0.15) is 0 Å². The van der Waals surface area contributed by atoms with Crippen LogP contribution >= 0.6 is 0 Å². The molecule has 1 unspecified atom stereocenters. The fourth-order valence-electron chi connectivity index (χ4n) is 5.01. The highest BCUT2D eigenvalue weighted by Crippen LogP contribution is 2.31. The summed E-state index contributed by atoms with van der Waals surface area (Å²) in [6, 6.07) is 18.0. The number of nitrogens with one attached hydrogen (secondary N) is 1. The van der Waals surface area contributed by atoms with Gasteiger partial charge in [-0.15, -0.1) is 0 Å². The molecule has 1 aliphatic carbocycles. The molecule has 1 saturated carbocycles. The van der Waals surface area contributed by atoms with Gasteiger partial charge in [-0.05, 0) is 24.8 Å². The lowest BCUT2D eigenvalue weighted by Crippen LogP contribution is -2.57. The topological polar surface area (TPSA) is 58.1 Å². The third kappa shape index (κ3) is 3.70. The van der Waals surface area contributed by atoms with Crippen LogP contribution in [0.1, 0.15) is 42.6 Å². The van der Waals surface area contributed by atoms with Gasteiger partial charge in [0.05, 0.1) is 5.52 Å². The van der Waals surface area contributed by atoms with E-state index in [1.54, 1.807) is 0 Å². The van der Waals surface area contributed by atoms with E-state index < -0.39 is 0 Å². The Bertz CT molecular complexity index is 1030. The predicted octanol–water partition coefficient (Wildman–Crippen LogP) is 4.29. The Morgan fingerprint density at radius 1 is 0.933 bits per heavy atom. The molecular weight excluding hydrogens is 372 g/mol. The van der Waals surface area contributed by atoms with E-state index in [1.807, 2.05) is 54.6 Å². The molecule has 0 spiro atoms. The Kier molecular flexibility index (Phi) is 5.45. The molecule has 2 aliphatic rings. The zero-order chi connectivity index (χ0) is 20.3. The van der Waals surface area contributed by atoms with Crippen molar-refractivity contribution < 1.29 is 4.79 Å². The molecule has 0 bridgehead atoms. The normalized spacial score (nSPS) is 20.4. The molecule has 30 heavy (non-hydrogen) atoms. The molecule has 1 saturated heterocycles. The van der Waals surface area contributed by atoms with Crippen molar-refractivity contribution >= 4 is 16.8 Å². The Morgan fingerprint density at radius 3 is 2.53 bits per heavy atom. The van der Waals surface area contributed by atoms with Gasteiger partial charge < -0.3 is 10.2 Å². The third-order valence-corrected chi connectivity index (χ3v) is 6.58. The van der Waals surface area contributed by atoms with Crippen LogP contribution in [0.15, 0.2) is 54.6 Å². The van der Waals surface area contributed by atoms with E-state index in [9.17, 15) is 4.79 Å². The number of hydrogen-bond acceptors (Lipinski definition) is 4. The molecule has 154 valence electrons. The number of fused-ring (bicyclic) bond motifs is 1. The second kappa shape index (κ2) is 8.52. The first kappa shape index (κ1) is 19.2. The quantitative estimate of drug-likeness (QED) is 0.712. The van der Waals surface area contributed by atoms with Crippen LogP contribution in [0.3, 0.4) is 0 Å². The molecule has 2 fully saturated rings. The number of benzene rings is 2. The molecule has 5 nitrogen and oxygen atoms in total. The Hall–Kier alpha value is -2.79. The second-order valence-corrected chi connectivity index (χ2v) is 8.45. The predicted molar refractivity (Wildman–Crippen MR) is 119 cm³/mol. The minimum absolute atomic E-state index is 0.0443. The summed E-state index contributed by atoms with van der Waals surface area (Å²) in [6.45, 7) is 2.45. The largest absolute Gasteiger partial charge is 0.331 e. The molecule has 1 atom stereocenters. The zero-order valence-corrected chi connectivity index (χ0v) is 17.3. The number of carbonyl (C=O) groups is 1. The number of amides is 1. The van der Waals surface area contributed by atoms with Gasteiger partial charge in [-0.3, -0.25) is 4.79 Å². The summed E-state index contributed by atoms with van der Waals surface area (Å²) >= 11 is 0. The van der Waals surface area contributed by atoms with E-state index in [1.165, 1.54) is 32.1 Å². The minimum Gasteiger partial charge on any atom is -0.331 e. The molecule has 1 aromatic heterocycles. The van der Waals surface area contributed by atoms with Gasteiger partial charge in [0.15, 0.2) is 5.82 Å². The Balaban J connectivity index is 1.56. The third-order valence-electron chi connectivity index (χ3n) is 6.58. The number of carbonyl (C=O) groups excluding carboxylic acids is 1. The van der Waals surface area contributed by atoms with Crippen molar-refractivity contribution in [2.24, 2.45) is 5.92 Å². The minimum atomic E-state index is 0.0443. The summed E-state index contributed by atoms with van der Waals surface area (Å²) in [5.41, 5.74) is 2.28. The van der Waals surface area contributed by atoms with E-state index in [4.69, 9.17) is 9.97 Å². The highest BCUT2D eigenvalue weighted by atomic mass is 16.2. The van der Waals surface area contributed by atoms with Gasteiger partial charge >= 0.3 is 0 Å². The molecule has 1 N–H and O–H groups in total. The average molecular weight is 401 g/mol. The van der Waals surface area contributed by atoms with Crippen molar-refractivity contribution in [2.45, 2.75) is 38.1 Å². The fraction of sp³-hybridized carbons (Fsp3) is 0.400. The maximum Gasteiger partial charge on any atom is 0.273 e. The van der Waals surface area contributed by atoms with E-state index in [2.05, 4.69) is 10.2 Å². The van der Waals surface area contributed by atoms with Crippen LogP contribution in [0.2, 0.25) is 0 Å². The molecule has 5 heteroatoms. The average Bonchev–Trinajstić information content (AvgIpc) is 2.84. The van der Waals surface area contributed by atoms with Gasteiger partial charge in [0.25, 0.3) is 5.91 Å². The Morgan fingerprint density at radius 2 is 1.70 bits per heavy atom. The fourth-order valence-corrected chi connectivity index (χ4v) is 5.01. The first-order chi connectivity index (χ1) is 14.8. The standard InChI is InChI=1S/C25H28N4O/c30-25(29-16-15-26-17-22(29)18-9-3-1-4-10-18)23-20-13-7-8-14-21(20)27-24(28-23)19-11-5-2-6-12-19/h2,5-8,11-14,18,22,26H,1,3-4,9-10,15-17H2. The highest BCUT2D eigenvalue weighted by Gasteiger charge is 2.35. The van der Waals surface area contributed by atoms with Crippen molar-refractivity contribution in [1.82, 2.24) is 20.2 Å². The van der Waals surface area contributed by atoms with Crippen LogP contribution in [0.5, 0.6) is 0 Å². The van der Waals surface area contributed by atoms with Crippen LogP contribution < -0.4 is 5.32 Å². The van der Waals surface area contributed by atoms with Crippen LogP contribution in [-0.4, -0.2) is 46.5 Å². The molecule has 2 aromatic carbocycles. The first-order valence-corrected chi connectivity index (χ1v) is 11.1. The smallest absolute Gasteiger partial charge is 0.273 e. The van der Waals surface area contributed by atoms with E-state index >= 15 is 0 Å². The Labute approximate surface area is 177 Å². The van der Waals surface area contributed by atoms with E-state index in [0.29, 0.717) is 17.4 Å². The summed E-state index contributed by atoms with van der Waals surface area (Å²) in [4.78, 5) is 25.5. The second-order valence-electron chi connectivity index (χ2n) is 8.45. The number of aromatic nitrogens is 2. The number of rotatable bonds is 3. The van der Waals surface area contributed by atoms with Crippen molar-refractivity contribution in [3.05, 3.63) is 60.3 Å². The number of nitrogens with zero attached hydrogens (tertiary/aromatic N) is 3. The summed E-state index contributed by atoms with van der Waals surface area (Å²) in [5.74, 6) is 1.24. The lowest BCUT2D eigenvalue weighted by atomic mass is 9.82. The zero-order valence-electron chi connectivity index (χ0n) is 17.3. The molecule has 1 amide bonds. The number of hydrogen-bond donors (Lipinski definition) is 1. The summed E-state index contributed by atoms with van der Waals surface area (Å²) < 4.78 is 0. The first-order valence-electron chi connectivity index (χ1n) is 11.1. The van der Waals surface area contributed by atoms with Crippen molar-refractivity contribution in [3.8, 4) is 11.4 Å². The van der Waals surface area contributed by atoms with Gasteiger partial charge in [0, 0.05) is 36.6 Å². The summed E-state index contributed by atoms with van der Waals surface area (Å²) in [7, 11) is 0. The van der Waals surface area contributed by atoms with Crippen LogP contribution in [0.25, 0.3) is 22.3 Å². The number of para-hydroxylation sites is 1. The lowest BCUT2D eigenvalue weighted by Gasteiger charge is -2.42. The van der Waals surface area contributed by atoms with Crippen molar-refractivity contribution in [1.29, 1.82) is 0 Å². The number of piperazine rings is 1. The van der Waals surface area contributed by atoms with Gasteiger partial charge in [-0.1, -0.05) is 67.8 Å². The van der Waals surface area contributed by atoms with E-state index in [0.717, 1.165) is 36.1 Å². The molecule has 3 aromatic rings. The lowest BCUT2D eigenvalue weighted by molar-refractivity contribution is 0.0501. The van der Waals surface area contributed by atoms with Gasteiger partial charge in [0.1, 0.15) is 5.69 Å². The van der Waals surface area contributed by atoms with E-state index in [-0.39, 0.29) is 11.9 Å². The molecule has 5 rings (SSSR count). The van der Waals surface area contributed by atoms with Crippen LogP contribution in [0, 0.1) is 5.92 Å². The van der Waals surface area contributed by atoms with Gasteiger partial charge in [0.2, 0.25) is 0 Å². The molecule has 2 heterocycles. The molecular formula is C25H28N4O. The maximum absolute atomic E-state index is 13.9. The van der Waals surface area contributed by atoms with Crippen LogP contribution in [0.4, 0.5) is 0 Å². The van der Waals surface area contributed by atoms with Crippen molar-refractivity contribution in [2.75, 3.05) is 19.6 Å². The summed E-state index contributed by atoms with van der Waals surface area (Å²) in [5, 5.41) is 4.35. The SMILES string of the molecule is O=C(c1nc(-c2ccccc2)nc2ccccc12)N1CCNCC1C1CCCCC1. The maximum atomic E-state index is 13.9. The molecule has 0 radical (unpaired) electrons. The van der Waals surface area contributed by atoms with Crippen LogP contribution in [-0.2, 0) is 0 Å². The molecule has 1 aliphatic heterocycles. The van der Waals surface area contributed by atoms with Gasteiger partial charge in [-0.25, -0.2) is 9.97 Å². The van der Waals surface area contributed by atoms with Crippen molar-refractivity contribution in [3.63, 3.8) is 0 Å². The monoisotopic (exact) mass is 400 g/mol. The highest BCUT2D eigenvalue weighted by molar-refractivity contribution is 6.05.